The molecular formula is C19H17NO3S. The molecule has 0 heterocycles. The molecule has 4 rings (SSSR count). The van der Waals surface area contributed by atoms with Gasteiger partial charge in [0.15, 0.2) is 0 Å². The number of sulfonamides is 1. The van der Waals surface area contributed by atoms with Crippen molar-refractivity contribution in [1.82, 2.24) is 0 Å². The molecule has 1 aliphatic rings. The van der Waals surface area contributed by atoms with Crippen LogP contribution in [0.4, 0.5) is 5.69 Å². The van der Waals surface area contributed by atoms with Gasteiger partial charge in [-0.15, -0.1) is 0 Å². The summed E-state index contributed by atoms with van der Waals surface area (Å²) in [4.78, 5) is 0.313. The number of hydrogen-bond acceptors (Lipinski definition) is 3. The number of rotatable bonds is 4. The molecule has 0 aliphatic heterocycles. The zero-order chi connectivity index (χ0) is 16.7. The fourth-order valence-corrected chi connectivity index (χ4v) is 4.61. The van der Waals surface area contributed by atoms with Crippen molar-refractivity contribution in [2.24, 2.45) is 0 Å². The average molecular weight is 339 g/mol. The molecule has 0 radical (unpaired) electrons. The van der Waals surface area contributed by atoms with E-state index in [1.807, 2.05) is 18.2 Å². The van der Waals surface area contributed by atoms with Crippen molar-refractivity contribution in [3.63, 3.8) is 0 Å². The minimum absolute atomic E-state index is 0.313. The quantitative estimate of drug-likeness (QED) is 0.788. The average Bonchev–Trinajstić information content (AvgIpc) is 3.00. The lowest BCUT2D eigenvalue weighted by Crippen LogP contribution is -2.13. The summed E-state index contributed by atoms with van der Waals surface area (Å²) in [5.74, 6) is 0.607. The molecule has 3 aromatic carbocycles. The highest BCUT2D eigenvalue weighted by Crippen LogP contribution is 2.35. The second-order valence-corrected chi connectivity index (χ2v) is 7.55. The molecule has 5 heteroatoms. The summed E-state index contributed by atoms with van der Waals surface area (Å²) in [6.45, 7) is 0. The van der Waals surface area contributed by atoms with E-state index in [0.717, 1.165) is 23.6 Å². The van der Waals surface area contributed by atoms with Gasteiger partial charge in [0.25, 0.3) is 10.0 Å². The maximum Gasteiger partial charge on any atom is 0.262 e. The Morgan fingerprint density at radius 3 is 2.50 bits per heavy atom. The lowest BCUT2D eigenvalue weighted by atomic mass is 10.1. The van der Waals surface area contributed by atoms with Crippen LogP contribution < -0.4 is 9.46 Å². The van der Waals surface area contributed by atoms with E-state index in [-0.39, 0.29) is 0 Å². The topological polar surface area (TPSA) is 55.4 Å². The Kier molecular flexibility index (Phi) is 3.46. The zero-order valence-electron chi connectivity index (χ0n) is 13.2. The summed E-state index contributed by atoms with van der Waals surface area (Å²) in [6, 6.07) is 16.4. The molecule has 0 amide bonds. The van der Waals surface area contributed by atoms with Crippen LogP contribution in [-0.2, 0) is 22.9 Å². The van der Waals surface area contributed by atoms with Crippen molar-refractivity contribution in [2.45, 2.75) is 17.7 Å². The second-order valence-electron chi connectivity index (χ2n) is 5.90. The smallest absolute Gasteiger partial charge is 0.262 e. The summed E-state index contributed by atoms with van der Waals surface area (Å²) >= 11 is 0. The van der Waals surface area contributed by atoms with E-state index in [9.17, 15) is 8.42 Å². The molecular weight excluding hydrogens is 322 g/mol. The number of benzene rings is 3. The van der Waals surface area contributed by atoms with Crippen LogP contribution in [0.15, 0.2) is 59.5 Å². The SMILES string of the molecule is COc1cccc(NS(=O)(=O)c2ccc3c4c(cccc24)CC3)c1. The van der Waals surface area contributed by atoms with Crippen LogP contribution in [0.1, 0.15) is 11.1 Å². The van der Waals surface area contributed by atoms with Crippen molar-refractivity contribution >= 4 is 26.5 Å². The van der Waals surface area contributed by atoms with E-state index < -0.39 is 10.0 Å². The van der Waals surface area contributed by atoms with Gasteiger partial charge in [-0.25, -0.2) is 8.42 Å². The Morgan fingerprint density at radius 1 is 0.958 bits per heavy atom. The molecule has 1 N–H and O–H groups in total. The number of anilines is 1. The molecule has 0 unspecified atom stereocenters. The third kappa shape index (κ3) is 2.41. The molecule has 122 valence electrons. The lowest BCUT2D eigenvalue weighted by molar-refractivity contribution is 0.415. The van der Waals surface area contributed by atoms with Crippen LogP contribution >= 0.6 is 0 Å². The summed E-state index contributed by atoms with van der Waals surface area (Å²) in [7, 11) is -2.12. The van der Waals surface area contributed by atoms with Gasteiger partial charge in [-0.3, -0.25) is 4.72 Å². The third-order valence-electron chi connectivity index (χ3n) is 4.45. The van der Waals surface area contributed by atoms with Crippen LogP contribution in [0.2, 0.25) is 0 Å². The summed E-state index contributed by atoms with van der Waals surface area (Å²) in [6.07, 6.45) is 1.94. The molecule has 0 saturated heterocycles. The number of methoxy groups -OCH3 is 1. The predicted octanol–water partition coefficient (Wildman–Crippen LogP) is 3.75. The molecule has 0 atom stereocenters. The van der Waals surface area contributed by atoms with Crippen LogP contribution in [0.3, 0.4) is 0 Å². The third-order valence-corrected chi connectivity index (χ3v) is 5.89. The molecule has 4 nitrogen and oxygen atoms in total. The highest BCUT2D eigenvalue weighted by Gasteiger charge is 2.22. The molecule has 0 spiro atoms. The molecule has 1 aliphatic carbocycles. The van der Waals surface area contributed by atoms with Gasteiger partial charge >= 0.3 is 0 Å². The second kappa shape index (κ2) is 5.53. The highest BCUT2D eigenvalue weighted by atomic mass is 32.2. The first-order valence-electron chi connectivity index (χ1n) is 7.79. The molecule has 0 saturated carbocycles. The van der Waals surface area contributed by atoms with Crippen molar-refractivity contribution in [1.29, 1.82) is 0 Å². The van der Waals surface area contributed by atoms with E-state index in [2.05, 4.69) is 10.8 Å². The fourth-order valence-electron chi connectivity index (χ4n) is 3.35. The Hall–Kier alpha value is -2.53. The first-order chi connectivity index (χ1) is 11.6. The van der Waals surface area contributed by atoms with Gasteiger partial charge in [0.1, 0.15) is 5.75 Å². The van der Waals surface area contributed by atoms with Crippen molar-refractivity contribution in [2.75, 3.05) is 11.8 Å². The monoisotopic (exact) mass is 339 g/mol. The van der Waals surface area contributed by atoms with Crippen molar-refractivity contribution in [3.05, 3.63) is 65.7 Å². The number of ether oxygens (including phenoxy) is 1. The minimum atomic E-state index is -3.68. The zero-order valence-corrected chi connectivity index (χ0v) is 14.1. The van der Waals surface area contributed by atoms with E-state index >= 15 is 0 Å². The predicted molar refractivity (Wildman–Crippen MR) is 95.2 cm³/mol. The minimum Gasteiger partial charge on any atom is -0.497 e. The van der Waals surface area contributed by atoms with Crippen LogP contribution in [-0.4, -0.2) is 15.5 Å². The van der Waals surface area contributed by atoms with E-state index in [1.165, 1.54) is 11.1 Å². The Morgan fingerprint density at radius 2 is 1.71 bits per heavy atom. The first-order valence-corrected chi connectivity index (χ1v) is 9.27. The number of nitrogens with one attached hydrogen (secondary N) is 1. The summed E-state index contributed by atoms with van der Waals surface area (Å²) in [5, 5.41) is 1.88. The highest BCUT2D eigenvalue weighted by molar-refractivity contribution is 7.93. The fraction of sp³-hybridized carbons (Fsp3) is 0.158. The largest absolute Gasteiger partial charge is 0.497 e. The van der Waals surface area contributed by atoms with E-state index in [4.69, 9.17) is 4.74 Å². The summed E-state index contributed by atoms with van der Waals surface area (Å²) < 4.78 is 33.6. The Balaban J connectivity index is 1.82. The first kappa shape index (κ1) is 15.0. The van der Waals surface area contributed by atoms with E-state index in [0.29, 0.717) is 16.3 Å². The van der Waals surface area contributed by atoms with Crippen molar-refractivity contribution < 1.29 is 13.2 Å². The normalized spacial score (nSPS) is 13.2. The van der Waals surface area contributed by atoms with Gasteiger partial charge in [0, 0.05) is 11.5 Å². The molecule has 0 bridgehead atoms. The van der Waals surface area contributed by atoms with Gasteiger partial charge in [-0.1, -0.05) is 30.3 Å². The van der Waals surface area contributed by atoms with Crippen LogP contribution in [0, 0.1) is 0 Å². The Labute approximate surface area is 141 Å². The maximum atomic E-state index is 12.9. The summed E-state index contributed by atoms with van der Waals surface area (Å²) in [5.41, 5.74) is 2.93. The van der Waals surface area contributed by atoms with Gasteiger partial charge in [0.2, 0.25) is 0 Å². The van der Waals surface area contributed by atoms with Crippen molar-refractivity contribution in [3.8, 4) is 5.75 Å². The van der Waals surface area contributed by atoms with Gasteiger partial charge in [0.05, 0.1) is 17.7 Å². The van der Waals surface area contributed by atoms with Gasteiger partial charge in [-0.05, 0) is 47.6 Å². The number of hydrogen-bond donors (Lipinski definition) is 1. The van der Waals surface area contributed by atoms with E-state index in [1.54, 1.807) is 37.4 Å². The van der Waals surface area contributed by atoms with Crippen LogP contribution in [0.5, 0.6) is 5.75 Å². The molecule has 0 aromatic heterocycles. The maximum absolute atomic E-state index is 12.9. The Bertz CT molecular complexity index is 1030. The molecule has 3 aromatic rings. The van der Waals surface area contributed by atoms with Crippen LogP contribution in [0.25, 0.3) is 10.8 Å². The number of aryl methyl sites for hydroxylation is 2. The van der Waals surface area contributed by atoms with Gasteiger partial charge < -0.3 is 4.74 Å². The molecule has 0 fully saturated rings. The van der Waals surface area contributed by atoms with Gasteiger partial charge in [-0.2, -0.15) is 0 Å². The standard InChI is InChI=1S/C19H17NO3S/c1-23-16-6-3-5-15(12-16)20-24(21,22)18-11-10-14-9-8-13-4-2-7-17(18)19(13)14/h2-7,10-12,20H,8-9H2,1H3. The molecule has 24 heavy (non-hydrogen) atoms. The lowest BCUT2D eigenvalue weighted by Gasteiger charge is -2.12.